The number of aromatic nitrogens is 4. The summed E-state index contributed by atoms with van der Waals surface area (Å²) in [4.78, 5) is 3.19. The number of halogens is 1. The van der Waals surface area contributed by atoms with Gasteiger partial charge in [0.15, 0.2) is 0 Å². The Bertz CT molecular complexity index is 1510. The van der Waals surface area contributed by atoms with Gasteiger partial charge in [-0.15, -0.1) is 0 Å². The van der Waals surface area contributed by atoms with Crippen molar-refractivity contribution in [2.75, 3.05) is 14.1 Å². The highest BCUT2D eigenvalue weighted by atomic mass is 32.2. The first-order chi connectivity index (χ1) is 17.4. The van der Waals surface area contributed by atoms with E-state index in [-0.39, 0.29) is 10.5 Å². The fraction of sp³-hybridized carbons (Fsp3) is 0.333. The molecule has 1 aliphatic carbocycles. The van der Waals surface area contributed by atoms with E-state index in [1.54, 1.807) is 10.6 Å². The Morgan fingerprint density at radius 1 is 1.06 bits per heavy atom. The second kappa shape index (κ2) is 9.77. The van der Waals surface area contributed by atoms with E-state index in [1.165, 1.54) is 18.3 Å². The van der Waals surface area contributed by atoms with E-state index in [0.717, 1.165) is 54.3 Å². The van der Waals surface area contributed by atoms with Gasteiger partial charge in [0, 0.05) is 34.0 Å². The molecule has 4 aromatic rings. The number of nitrogens with zero attached hydrogens (tertiary/aromatic N) is 7. The summed E-state index contributed by atoms with van der Waals surface area (Å²) in [6, 6.07) is 11.6. The van der Waals surface area contributed by atoms with Crippen LogP contribution in [0.15, 0.2) is 52.6 Å². The summed E-state index contributed by atoms with van der Waals surface area (Å²) in [6.07, 6.45) is 9.72. The molecule has 0 saturated heterocycles. The molecule has 0 radical (unpaired) electrons. The monoisotopic (exact) mass is 499 g/mol. The summed E-state index contributed by atoms with van der Waals surface area (Å²) in [5.74, 6) is -0.474. The second-order valence-corrected chi connectivity index (χ2v) is 10.5. The lowest BCUT2D eigenvalue weighted by atomic mass is 9.90. The van der Waals surface area contributed by atoms with Crippen LogP contribution in [0.25, 0.3) is 16.6 Å². The maximum Gasteiger partial charge on any atom is 0.138 e. The molecular formula is C27H26FN7S. The molecule has 0 atom stereocenters. The van der Waals surface area contributed by atoms with Crippen molar-refractivity contribution >= 4 is 17.3 Å². The van der Waals surface area contributed by atoms with Gasteiger partial charge in [-0.2, -0.15) is 20.7 Å². The summed E-state index contributed by atoms with van der Waals surface area (Å²) in [5.41, 5.74) is 4.14. The third kappa shape index (κ3) is 4.26. The molecule has 0 spiro atoms. The lowest BCUT2D eigenvalue weighted by Crippen LogP contribution is -2.33. The molecule has 0 amide bonds. The second-order valence-electron chi connectivity index (χ2n) is 9.40. The number of benzene rings is 1. The van der Waals surface area contributed by atoms with Gasteiger partial charge < -0.3 is 4.90 Å². The van der Waals surface area contributed by atoms with Gasteiger partial charge in [0.1, 0.15) is 18.0 Å². The largest absolute Gasteiger partial charge is 0.306 e. The van der Waals surface area contributed by atoms with Gasteiger partial charge in [-0.3, -0.25) is 4.68 Å². The molecule has 0 bridgehead atoms. The normalized spacial score (nSPS) is 17.9. The van der Waals surface area contributed by atoms with Gasteiger partial charge in [-0.25, -0.2) is 8.91 Å². The van der Waals surface area contributed by atoms with Crippen molar-refractivity contribution in [3.05, 3.63) is 65.5 Å². The Hall–Kier alpha value is -3.66. The molecule has 0 aliphatic heterocycles. The van der Waals surface area contributed by atoms with Gasteiger partial charge in [-0.05, 0) is 64.9 Å². The van der Waals surface area contributed by atoms with Crippen molar-refractivity contribution < 1.29 is 4.39 Å². The quantitative estimate of drug-likeness (QED) is 0.356. The summed E-state index contributed by atoms with van der Waals surface area (Å²) in [7, 11) is 4.28. The number of hydrogen-bond acceptors (Lipinski definition) is 6. The zero-order chi connectivity index (χ0) is 25.4. The topological polar surface area (TPSA) is 85.9 Å². The molecule has 3 aromatic heterocycles. The smallest absolute Gasteiger partial charge is 0.138 e. The Labute approximate surface area is 213 Å². The van der Waals surface area contributed by atoms with Crippen molar-refractivity contribution in [2.45, 2.75) is 54.5 Å². The van der Waals surface area contributed by atoms with Gasteiger partial charge in [0.25, 0.3) is 0 Å². The van der Waals surface area contributed by atoms with Crippen LogP contribution in [0.4, 0.5) is 4.39 Å². The third-order valence-electron chi connectivity index (χ3n) is 7.09. The SMILES string of the molecule is Cc1c(-c2cc(Sc3c(F)cccc3C#N)c3c(C#N)cnn3c2)cnn1[C@H]1CC[C@@H](N(C)C)CC1. The van der Waals surface area contributed by atoms with E-state index in [1.807, 2.05) is 18.5 Å². The predicted octanol–water partition coefficient (Wildman–Crippen LogP) is 5.59. The standard InChI is InChI=1S/C27H26FN7S/c1-17-23(15-32-35(17)22-9-7-21(8-10-22)33(2)3)19-11-25(26-20(13-30)14-31-34(26)16-19)36-27-18(12-29)5-4-6-24(27)28/h4-6,11,14-16,21-22H,7-10H2,1-3H3/t21-,22+. The maximum absolute atomic E-state index is 14.7. The summed E-state index contributed by atoms with van der Waals surface area (Å²) in [6.45, 7) is 2.08. The van der Waals surface area contributed by atoms with Crippen molar-refractivity contribution in [1.29, 1.82) is 10.5 Å². The highest BCUT2D eigenvalue weighted by Gasteiger charge is 2.26. The molecular weight excluding hydrogens is 473 g/mol. The van der Waals surface area contributed by atoms with Crippen LogP contribution in [0.3, 0.4) is 0 Å². The molecule has 0 N–H and O–H groups in total. The van der Waals surface area contributed by atoms with Gasteiger partial charge >= 0.3 is 0 Å². The number of hydrogen-bond donors (Lipinski definition) is 0. The maximum atomic E-state index is 14.7. The van der Waals surface area contributed by atoms with E-state index in [9.17, 15) is 14.9 Å². The molecule has 3 heterocycles. The first-order valence-corrected chi connectivity index (χ1v) is 12.7. The molecule has 1 aromatic carbocycles. The molecule has 0 unspecified atom stereocenters. The lowest BCUT2D eigenvalue weighted by Gasteiger charge is -2.33. The molecule has 1 fully saturated rings. The van der Waals surface area contributed by atoms with Crippen LogP contribution < -0.4 is 0 Å². The highest BCUT2D eigenvalue weighted by Crippen LogP contribution is 2.39. The van der Waals surface area contributed by atoms with Crippen LogP contribution in [0, 0.1) is 35.4 Å². The third-order valence-corrected chi connectivity index (χ3v) is 8.24. The predicted molar refractivity (Wildman–Crippen MR) is 136 cm³/mol. The zero-order valence-corrected chi connectivity index (χ0v) is 21.3. The Balaban J connectivity index is 1.56. The average Bonchev–Trinajstić information content (AvgIpc) is 3.48. The number of fused-ring (bicyclic) bond motifs is 1. The van der Waals surface area contributed by atoms with Crippen LogP contribution in [0.5, 0.6) is 0 Å². The zero-order valence-electron chi connectivity index (χ0n) is 20.4. The minimum Gasteiger partial charge on any atom is -0.306 e. The minimum absolute atomic E-state index is 0.231. The summed E-state index contributed by atoms with van der Waals surface area (Å²) in [5, 5.41) is 28.3. The van der Waals surface area contributed by atoms with E-state index >= 15 is 0 Å². The minimum atomic E-state index is -0.474. The summed E-state index contributed by atoms with van der Waals surface area (Å²) >= 11 is 1.14. The lowest BCUT2D eigenvalue weighted by molar-refractivity contribution is 0.188. The first kappa shape index (κ1) is 24.1. The van der Waals surface area contributed by atoms with Crippen LogP contribution in [-0.4, -0.2) is 44.4 Å². The van der Waals surface area contributed by atoms with Crippen molar-refractivity contribution in [2.24, 2.45) is 0 Å². The van der Waals surface area contributed by atoms with Crippen LogP contribution >= 0.6 is 11.8 Å². The van der Waals surface area contributed by atoms with Gasteiger partial charge in [-0.1, -0.05) is 17.8 Å². The number of nitriles is 2. The average molecular weight is 500 g/mol. The number of rotatable bonds is 5. The fourth-order valence-corrected chi connectivity index (χ4v) is 6.19. The van der Waals surface area contributed by atoms with Crippen molar-refractivity contribution in [3.63, 3.8) is 0 Å². The van der Waals surface area contributed by atoms with E-state index in [0.29, 0.717) is 28.1 Å². The molecule has 182 valence electrons. The highest BCUT2D eigenvalue weighted by molar-refractivity contribution is 7.99. The Morgan fingerprint density at radius 3 is 2.50 bits per heavy atom. The number of pyridine rings is 1. The van der Waals surface area contributed by atoms with Gasteiger partial charge in [0.05, 0.1) is 40.0 Å². The first-order valence-electron chi connectivity index (χ1n) is 11.9. The molecule has 9 heteroatoms. The molecule has 1 saturated carbocycles. The molecule has 1 aliphatic rings. The fourth-order valence-electron chi connectivity index (χ4n) is 5.10. The van der Waals surface area contributed by atoms with Crippen LogP contribution in [-0.2, 0) is 0 Å². The van der Waals surface area contributed by atoms with E-state index < -0.39 is 5.82 Å². The van der Waals surface area contributed by atoms with Gasteiger partial charge in [0.2, 0.25) is 0 Å². The molecule has 36 heavy (non-hydrogen) atoms. The van der Waals surface area contributed by atoms with E-state index in [4.69, 9.17) is 5.10 Å². The summed E-state index contributed by atoms with van der Waals surface area (Å²) < 4.78 is 18.5. The Kier molecular flexibility index (Phi) is 6.53. The van der Waals surface area contributed by atoms with Crippen molar-refractivity contribution in [3.8, 4) is 23.3 Å². The van der Waals surface area contributed by atoms with Crippen molar-refractivity contribution in [1.82, 2.24) is 24.3 Å². The Morgan fingerprint density at radius 2 is 1.81 bits per heavy atom. The van der Waals surface area contributed by atoms with Crippen LogP contribution in [0.1, 0.15) is 48.5 Å². The van der Waals surface area contributed by atoms with E-state index in [2.05, 4.69) is 47.8 Å². The molecule has 5 rings (SSSR count). The molecule has 7 nitrogen and oxygen atoms in total. The van der Waals surface area contributed by atoms with Crippen LogP contribution in [0.2, 0.25) is 0 Å².